The van der Waals surface area contributed by atoms with Crippen LogP contribution in [0.5, 0.6) is 0 Å². The summed E-state index contributed by atoms with van der Waals surface area (Å²) in [5, 5.41) is 0. The van der Waals surface area contributed by atoms with Crippen LogP contribution in [0.4, 0.5) is 51.2 Å². The Labute approximate surface area is 485 Å². The molecule has 9 rings (SSSR count). The summed E-state index contributed by atoms with van der Waals surface area (Å²) in [6, 6.07) is 87.1. The summed E-state index contributed by atoms with van der Waals surface area (Å²) in [4.78, 5) is 7.00. The molecule has 0 fully saturated rings. The normalized spacial score (nSPS) is 10.7. The molecule has 0 amide bonds. The molecule has 0 spiro atoms. The maximum atomic E-state index is 5.42. The molecule has 0 unspecified atom stereocenters. The topological polar surface area (TPSA) is 9.72 Å². The van der Waals surface area contributed by atoms with E-state index in [9.17, 15) is 0 Å². The molecule has 0 aliphatic heterocycles. The van der Waals surface area contributed by atoms with E-state index in [0.29, 0.717) is 0 Å². The number of benzene rings is 9. The zero-order valence-electron chi connectivity index (χ0n) is 47.2. The summed E-state index contributed by atoms with van der Waals surface area (Å²) in [6.07, 6.45) is 25.4. The molecule has 404 valence electrons. The maximum absolute atomic E-state index is 5.42. The molecule has 0 atom stereocenters. The first-order valence-electron chi connectivity index (χ1n) is 29.7. The Kier molecular flexibility index (Phi) is 22.1. The predicted octanol–water partition coefficient (Wildman–Crippen LogP) is 21.3. The fraction of sp³-hybridized carbons (Fsp3) is 0.231. The molecule has 0 saturated heterocycles. The molecule has 0 aliphatic rings. The molecule has 0 radical (unpaired) electrons. The van der Waals surface area contributed by atoms with Gasteiger partial charge < -0.3 is 14.7 Å². The van der Waals surface area contributed by atoms with Gasteiger partial charge in [0.25, 0.3) is 0 Å². The van der Waals surface area contributed by atoms with Crippen molar-refractivity contribution in [1.82, 2.24) is 0 Å². The summed E-state index contributed by atoms with van der Waals surface area (Å²) < 4.78 is 0. The third-order valence-corrected chi connectivity index (χ3v) is 14.9. The van der Waals surface area contributed by atoms with Crippen LogP contribution in [0.15, 0.2) is 243 Å². The van der Waals surface area contributed by atoms with Crippen LogP contribution in [0.3, 0.4) is 0 Å². The van der Waals surface area contributed by atoms with Crippen LogP contribution >= 0.6 is 0 Å². The van der Waals surface area contributed by atoms with Gasteiger partial charge in [0.05, 0.1) is 5.69 Å². The average molecular weight is 1060 g/mol. The van der Waals surface area contributed by atoms with Gasteiger partial charge in [0, 0.05) is 75.9 Å². The summed E-state index contributed by atoms with van der Waals surface area (Å²) in [5.74, 6) is 16.9. The molecule has 0 aromatic heterocycles. The number of rotatable bonds is 27. The van der Waals surface area contributed by atoms with E-state index in [1.807, 2.05) is 0 Å². The van der Waals surface area contributed by atoms with Gasteiger partial charge in [-0.3, -0.25) is 0 Å². The van der Waals surface area contributed by atoms with Crippen LogP contribution in [-0.2, 0) is 19.3 Å². The van der Waals surface area contributed by atoms with Crippen molar-refractivity contribution in [2.75, 3.05) is 14.7 Å². The van der Waals surface area contributed by atoms with E-state index in [1.54, 1.807) is 0 Å². The van der Waals surface area contributed by atoms with Crippen LogP contribution in [0.1, 0.15) is 124 Å². The zero-order valence-corrected chi connectivity index (χ0v) is 47.2. The number of hydrogen-bond acceptors (Lipinski definition) is 3. The number of hydrogen-bond donors (Lipinski definition) is 0. The van der Waals surface area contributed by atoms with E-state index in [2.05, 4.69) is 287 Å². The van der Waals surface area contributed by atoms with Gasteiger partial charge in [0.2, 0.25) is 0 Å². The number of para-hydroxylation sites is 5. The summed E-state index contributed by atoms with van der Waals surface area (Å²) in [5.41, 5.74) is 16.5. The second-order valence-electron chi connectivity index (χ2n) is 21.0. The Morgan fingerprint density at radius 1 is 0.272 bits per heavy atom. The monoisotopic (exact) mass is 1060 g/mol. The highest BCUT2D eigenvalue weighted by Crippen LogP contribution is 2.38. The second-order valence-corrected chi connectivity index (χ2v) is 21.0. The number of unbranched alkanes of at least 4 members (excludes halogenated alkanes) is 12. The third-order valence-electron chi connectivity index (χ3n) is 14.9. The number of aryl methyl sites for hydroxylation is 3. The quantitative estimate of drug-likeness (QED) is 0.0375. The fourth-order valence-corrected chi connectivity index (χ4v) is 10.6. The summed E-state index contributed by atoms with van der Waals surface area (Å²) in [7, 11) is 0. The Balaban J connectivity index is 0.727. The molecule has 9 aromatic rings. The van der Waals surface area contributed by atoms with Crippen molar-refractivity contribution in [2.24, 2.45) is 0 Å². The number of terminal acetylenes is 1. The van der Waals surface area contributed by atoms with Crippen molar-refractivity contribution < 1.29 is 0 Å². The van der Waals surface area contributed by atoms with Crippen molar-refractivity contribution in [1.29, 1.82) is 0 Å². The zero-order chi connectivity index (χ0) is 55.4. The largest absolute Gasteiger partial charge is 0.311 e. The Morgan fingerprint density at radius 3 is 1.10 bits per heavy atom. The van der Waals surface area contributed by atoms with Gasteiger partial charge in [0.15, 0.2) is 0 Å². The third kappa shape index (κ3) is 17.3. The van der Waals surface area contributed by atoms with E-state index in [4.69, 9.17) is 6.42 Å². The SMILES string of the molecule is C#CCCCCCCCc1ccc(N(c2ccccc2)c2ccccc2C#CCCCCCCc2ccc(N(c3ccccc3)c3cccc(C#CCCCCCc4ccc(N(c5ccccc5)c5ccccc5)cc4)c3)cc2)cc1. The molecular formula is C78H77N3. The van der Waals surface area contributed by atoms with Crippen LogP contribution in [0.25, 0.3) is 0 Å². The molecule has 0 saturated carbocycles. The summed E-state index contributed by atoms with van der Waals surface area (Å²) in [6.45, 7) is 0. The molecule has 0 heterocycles. The minimum atomic E-state index is 0.886. The van der Waals surface area contributed by atoms with E-state index in [0.717, 1.165) is 134 Å². The summed E-state index contributed by atoms with van der Waals surface area (Å²) >= 11 is 0. The second kappa shape index (κ2) is 31.6. The van der Waals surface area contributed by atoms with Crippen LogP contribution < -0.4 is 14.7 Å². The van der Waals surface area contributed by atoms with E-state index in [-0.39, 0.29) is 0 Å². The molecular weight excluding hydrogens is 979 g/mol. The smallest absolute Gasteiger partial charge is 0.0618 e. The van der Waals surface area contributed by atoms with Crippen LogP contribution in [-0.4, -0.2) is 0 Å². The Hall–Kier alpha value is -8.94. The number of nitrogens with zero attached hydrogens (tertiary/aromatic N) is 3. The van der Waals surface area contributed by atoms with Crippen LogP contribution in [0, 0.1) is 36.0 Å². The first-order valence-corrected chi connectivity index (χ1v) is 29.7. The van der Waals surface area contributed by atoms with Crippen molar-refractivity contribution in [3.63, 3.8) is 0 Å². The molecule has 9 aromatic carbocycles. The highest BCUT2D eigenvalue weighted by atomic mass is 15.2. The van der Waals surface area contributed by atoms with E-state index < -0.39 is 0 Å². The van der Waals surface area contributed by atoms with Gasteiger partial charge in [-0.05, 0) is 190 Å². The lowest BCUT2D eigenvalue weighted by atomic mass is 10.0. The molecule has 81 heavy (non-hydrogen) atoms. The van der Waals surface area contributed by atoms with Gasteiger partial charge >= 0.3 is 0 Å². The van der Waals surface area contributed by atoms with E-state index in [1.165, 1.54) is 60.9 Å². The number of anilines is 9. The standard InChI is InChI=1S/C78H77N3/c1-2-3-4-5-6-10-19-36-67-56-62-76(63-57-67)81(73-48-30-18-31-49-73)78-51-33-32-41-69(78)40-23-14-8-7-11-20-35-66-54-60-75(61-55-66)80(72-46-28-17-29-47-72)77-50-34-39-68(64-77)38-22-13-9-12-21-37-65-52-58-74(59-53-65)79(70-42-24-15-25-43-70)71-44-26-16-27-45-71/h1,15-18,24-34,39,41-64H,3-14,19-21,35-37H2. The maximum Gasteiger partial charge on any atom is 0.0618 e. The fourth-order valence-electron chi connectivity index (χ4n) is 10.6. The van der Waals surface area contributed by atoms with Crippen molar-refractivity contribution in [3.05, 3.63) is 270 Å². The van der Waals surface area contributed by atoms with Gasteiger partial charge in [-0.1, -0.05) is 190 Å². The molecule has 0 N–H and O–H groups in total. The van der Waals surface area contributed by atoms with Gasteiger partial charge in [-0.25, -0.2) is 0 Å². The minimum absolute atomic E-state index is 0.886. The Bertz CT molecular complexity index is 3390. The molecule has 0 aliphatic carbocycles. The molecule has 3 nitrogen and oxygen atoms in total. The predicted molar refractivity (Wildman–Crippen MR) is 346 cm³/mol. The lowest BCUT2D eigenvalue weighted by Gasteiger charge is -2.26. The highest BCUT2D eigenvalue weighted by Gasteiger charge is 2.17. The first kappa shape index (κ1) is 56.8. The highest BCUT2D eigenvalue weighted by molar-refractivity contribution is 5.81. The van der Waals surface area contributed by atoms with Crippen molar-refractivity contribution in [3.8, 4) is 36.0 Å². The minimum Gasteiger partial charge on any atom is -0.311 e. The van der Waals surface area contributed by atoms with Crippen molar-refractivity contribution >= 4 is 51.2 Å². The molecule has 3 heteroatoms. The average Bonchev–Trinajstić information content (AvgIpc) is 3.52. The molecule has 0 bridgehead atoms. The van der Waals surface area contributed by atoms with Gasteiger partial charge in [-0.2, -0.15) is 0 Å². The van der Waals surface area contributed by atoms with Gasteiger partial charge in [0.1, 0.15) is 0 Å². The van der Waals surface area contributed by atoms with Crippen molar-refractivity contribution in [2.45, 2.75) is 116 Å². The lowest BCUT2D eigenvalue weighted by Crippen LogP contribution is -2.11. The Morgan fingerprint density at radius 2 is 0.617 bits per heavy atom. The first-order chi connectivity index (χ1) is 40.2. The van der Waals surface area contributed by atoms with Crippen LogP contribution in [0.2, 0.25) is 0 Å². The van der Waals surface area contributed by atoms with E-state index >= 15 is 0 Å². The lowest BCUT2D eigenvalue weighted by molar-refractivity contribution is 0.620. The van der Waals surface area contributed by atoms with Gasteiger partial charge in [-0.15, -0.1) is 12.3 Å².